The fraction of sp³-hybridized carbons (Fsp3) is 0.0690. The lowest BCUT2D eigenvalue weighted by Crippen LogP contribution is -1.91. The standard InChI is InChI=1S/C27H19NO2.C2H6/c1-3-10-22(11-4-1)29-24-17-21(18-25(19-24)30-23-12-5-2-6-13-23)27-26-14-8-7-9-20(26)15-16-28-27;1-2/h1-19H;1-2H3. The van der Waals surface area contributed by atoms with E-state index in [1.165, 1.54) is 0 Å². The van der Waals surface area contributed by atoms with Gasteiger partial charge in [0.2, 0.25) is 0 Å². The van der Waals surface area contributed by atoms with Crippen molar-refractivity contribution in [3.8, 4) is 34.3 Å². The van der Waals surface area contributed by atoms with Gasteiger partial charge in [0, 0.05) is 23.2 Å². The third kappa shape index (κ3) is 4.96. The van der Waals surface area contributed by atoms with Gasteiger partial charge in [0.15, 0.2) is 0 Å². The fourth-order valence-electron chi connectivity index (χ4n) is 3.43. The van der Waals surface area contributed by atoms with Crippen molar-refractivity contribution in [3.63, 3.8) is 0 Å². The molecule has 0 N–H and O–H groups in total. The molecular formula is C29H25NO2. The summed E-state index contributed by atoms with van der Waals surface area (Å²) in [6.07, 6.45) is 1.83. The van der Waals surface area contributed by atoms with E-state index in [-0.39, 0.29) is 0 Å². The molecule has 5 aromatic rings. The van der Waals surface area contributed by atoms with Gasteiger partial charge < -0.3 is 9.47 Å². The first-order chi connectivity index (χ1) is 15.8. The van der Waals surface area contributed by atoms with Gasteiger partial charge in [0.05, 0.1) is 5.69 Å². The van der Waals surface area contributed by atoms with Crippen LogP contribution in [0.25, 0.3) is 22.0 Å². The van der Waals surface area contributed by atoms with Crippen LogP contribution in [0.5, 0.6) is 23.0 Å². The van der Waals surface area contributed by atoms with Gasteiger partial charge in [-0.3, -0.25) is 4.98 Å². The molecule has 0 bridgehead atoms. The van der Waals surface area contributed by atoms with E-state index in [2.05, 4.69) is 17.1 Å². The number of rotatable bonds is 5. The van der Waals surface area contributed by atoms with E-state index in [0.29, 0.717) is 11.5 Å². The number of nitrogens with zero attached hydrogens (tertiary/aromatic N) is 1. The van der Waals surface area contributed by atoms with Crippen molar-refractivity contribution in [2.24, 2.45) is 0 Å². The lowest BCUT2D eigenvalue weighted by atomic mass is 10.0. The molecule has 0 fully saturated rings. The summed E-state index contributed by atoms with van der Waals surface area (Å²) in [7, 11) is 0. The minimum Gasteiger partial charge on any atom is -0.457 e. The van der Waals surface area contributed by atoms with Crippen LogP contribution in [0.1, 0.15) is 13.8 Å². The van der Waals surface area contributed by atoms with Crippen LogP contribution in [0, 0.1) is 0 Å². The average molecular weight is 420 g/mol. The maximum Gasteiger partial charge on any atom is 0.131 e. The molecule has 4 aromatic carbocycles. The second-order valence-corrected chi connectivity index (χ2v) is 6.90. The van der Waals surface area contributed by atoms with Crippen LogP contribution in [0.15, 0.2) is 115 Å². The molecule has 0 saturated heterocycles. The van der Waals surface area contributed by atoms with Crippen molar-refractivity contribution in [2.75, 3.05) is 0 Å². The zero-order chi connectivity index (χ0) is 22.2. The number of pyridine rings is 1. The van der Waals surface area contributed by atoms with Gasteiger partial charge in [-0.15, -0.1) is 0 Å². The highest BCUT2D eigenvalue weighted by molar-refractivity contribution is 5.94. The highest BCUT2D eigenvalue weighted by Gasteiger charge is 2.11. The molecule has 0 aliphatic rings. The van der Waals surface area contributed by atoms with Crippen molar-refractivity contribution >= 4 is 10.8 Å². The molecule has 0 radical (unpaired) electrons. The van der Waals surface area contributed by atoms with E-state index in [1.807, 2.05) is 117 Å². The van der Waals surface area contributed by atoms with Gasteiger partial charge in [0.25, 0.3) is 0 Å². The molecule has 3 nitrogen and oxygen atoms in total. The Bertz CT molecular complexity index is 1220. The Kier molecular flexibility index (Phi) is 6.78. The van der Waals surface area contributed by atoms with Gasteiger partial charge in [0.1, 0.15) is 23.0 Å². The van der Waals surface area contributed by atoms with E-state index >= 15 is 0 Å². The SMILES string of the molecule is CC.c1ccc(Oc2cc(Oc3ccccc3)cc(-c3nccc4ccccc34)c2)cc1. The molecule has 1 aromatic heterocycles. The van der Waals surface area contributed by atoms with Crippen molar-refractivity contribution in [1.29, 1.82) is 0 Å². The van der Waals surface area contributed by atoms with Crippen molar-refractivity contribution in [1.82, 2.24) is 4.98 Å². The molecule has 0 amide bonds. The zero-order valence-electron chi connectivity index (χ0n) is 18.2. The molecule has 0 aliphatic heterocycles. The first-order valence-electron chi connectivity index (χ1n) is 10.8. The predicted molar refractivity (Wildman–Crippen MR) is 132 cm³/mol. The maximum absolute atomic E-state index is 6.12. The van der Waals surface area contributed by atoms with E-state index in [0.717, 1.165) is 33.5 Å². The van der Waals surface area contributed by atoms with Crippen LogP contribution in [0.2, 0.25) is 0 Å². The summed E-state index contributed by atoms with van der Waals surface area (Å²) in [5.41, 5.74) is 1.83. The third-order valence-corrected chi connectivity index (χ3v) is 4.78. The monoisotopic (exact) mass is 419 g/mol. The Morgan fingerprint density at radius 3 is 1.66 bits per heavy atom. The van der Waals surface area contributed by atoms with Gasteiger partial charge >= 0.3 is 0 Å². The second kappa shape index (κ2) is 10.3. The Labute approximate surface area is 188 Å². The normalized spacial score (nSPS) is 10.2. The number of ether oxygens (including phenoxy) is 2. The molecule has 0 unspecified atom stereocenters. The summed E-state index contributed by atoms with van der Waals surface area (Å²) in [5, 5.41) is 2.23. The first-order valence-corrected chi connectivity index (χ1v) is 10.8. The number of aromatic nitrogens is 1. The van der Waals surface area contributed by atoms with Gasteiger partial charge in [-0.25, -0.2) is 0 Å². The molecule has 5 rings (SSSR count). The summed E-state index contributed by atoms with van der Waals surface area (Å²) in [6.45, 7) is 4.00. The predicted octanol–water partition coefficient (Wildman–Crippen LogP) is 8.51. The largest absolute Gasteiger partial charge is 0.457 e. The first kappa shape index (κ1) is 21.1. The van der Waals surface area contributed by atoms with Crippen LogP contribution in [-0.2, 0) is 0 Å². The number of fused-ring (bicyclic) bond motifs is 1. The van der Waals surface area contributed by atoms with E-state index in [4.69, 9.17) is 9.47 Å². The quantitative estimate of drug-likeness (QED) is 0.286. The zero-order valence-corrected chi connectivity index (χ0v) is 18.2. The molecule has 0 aliphatic carbocycles. The van der Waals surface area contributed by atoms with E-state index < -0.39 is 0 Å². The van der Waals surface area contributed by atoms with Crippen LogP contribution in [-0.4, -0.2) is 4.98 Å². The minimum absolute atomic E-state index is 0.694. The smallest absolute Gasteiger partial charge is 0.131 e. The van der Waals surface area contributed by atoms with Crippen LogP contribution in [0.3, 0.4) is 0 Å². The third-order valence-electron chi connectivity index (χ3n) is 4.78. The molecule has 3 heteroatoms. The Hall–Kier alpha value is -4.11. The summed E-state index contributed by atoms with van der Waals surface area (Å²) in [5.74, 6) is 2.93. The molecular weight excluding hydrogens is 394 g/mol. The molecule has 1 heterocycles. The van der Waals surface area contributed by atoms with Crippen LogP contribution < -0.4 is 9.47 Å². The lowest BCUT2D eigenvalue weighted by molar-refractivity contribution is 0.461. The Morgan fingerprint density at radius 2 is 1.06 bits per heavy atom. The summed E-state index contributed by atoms with van der Waals surface area (Å²) >= 11 is 0. The van der Waals surface area contributed by atoms with Crippen LogP contribution >= 0.6 is 0 Å². The van der Waals surface area contributed by atoms with Crippen molar-refractivity contribution in [2.45, 2.75) is 13.8 Å². The van der Waals surface area contributed by atoms with Crippen molar-refractivity contribution in [3.05, 3.63) is 115 Å². The molecule has 0 spiro atoms. The Balaban J connectivity index is 0.00000119. The molecule has 32 heavy (non-hydrogen) atoms. The minimum atomic E-state index is 0.694. The number of hydrogen-bond acceptors (Lipinski definition) is 3. The van der Waals surface area contributed by atoms with Gasteiger partial charge in [-0.2, -0.15) is 0 Å². The van der Waals surface area contributed by atoms with E-state index in [9.17, 15) is 0 Å². The van der Waals surface area contributed by atoms with Crippen LogP contribution in [0.4, 0.5) is 0 Å². The van der Waals surface area contributed by atoms with Gasteiger partial charge in [-0.05, 0) is 47.9 Å². The van der Waals surface area contributed by atoms with Gasteiger partial charge in [-0.1, -0.05) is 74.5 Å². The second-order valence-electron chi connectivity index (χ2n) is 6.90. The average Bonchev–Trinajstić information content (AvgIpc) is 2.86. The summed E-state index contributed by atoms with van der Waals surface area (Å²) in [6, 6.07) is 35.6. The lowest BCUT2D eigenvalue weighted by Gasteiger charge is -2.13. The molecule has 0 saturated carbocycles. The summed E-state index contributed by atoms with van der Waals surface area (Å²) < 4.78 is 12.2. The maximum atomic E-state index is 6.12. The number of para-hydroxylation sites is 2. The number of hydrogen-bond donors (Lipinski definition) is 0. The Morgan fingerprint density at radius 1 is 0.531 bits per heavy atom. The topological polar surface area (TPSA) is 31.4 Å². The molecule has 0 atom stereocenters. The van der Waals surface area contributed by atoms with E-state index in [1.54, 1.807) is 0 Å². The number of benzene rings is 4. The molecule has 158 valence electrons. The highest BCUT2D eigenvalue weighted by Crippen LogP contribution is 2.36. The fourth-order valence-corrected chi connectivity index (χ4v) is 3.43. The van der Waals surface area contributed by atoms with Crippen molar-refractivity contribution < 1.29 is 9.47 Å². The highest BCUT2D eigenvalue weighted by atomic mass is 16.5. The summed E-state index contributed by atoms with van der Waals surface area (Å²) in [4.78, 5) is 4.66.